The second-order valence-electron chi connectivity index (χ2n) is 3.57. The Morgan fingerprint density at radius 2 is 1.88 bits per heavy atom. The number of likely N-dealkylation sites (N-methyl/N-ethyl adjacent to an activating group) is 1. The fourth-order valence-corrected chi connectivity index (χ4v) is 1.46. The number of nitrogens with zero attached hydrogens (tertiary/aromatic N) is 1. The van der Waals surface area contributed by atoms with Crippen LogP contribution in [0.4, 0.5) is 0 Å². The standard InChI is InChI=1S/C12H14ClNO3/c1-14(8-11(15)17-2)12(16)10-5-3-9(7-13)4-6-10/h3-6H,7-8H2,1-2H3. The van der Waals surface area contributed by atoms with Crippen LogP contribution in [0.3, 0.4) is 0 Å². The summed E-state index contributed by atoms with van der Waals surface area (Å²) in [6, 6.07) is 6.94. The first-order valence-electron chi connectivity index (χ1n) is 5.05. The molecule has 1 amide bonds. The Labute approximate surface area is 105 Å². The van der Waals surface area contributed by atoms with Gasteiger partial charge in [-0.1, -0.05) is 12.1 Å². The van der Waals surface area contributed by atoms with Crippen molar-refractivity contribution in [2.75, 3.05) is 20.7 Å². The molecule has 0 saturated heterocycles. The van der Waals surface area contributed by atoms with E-state index in [0.29, 0.717) is 11.4 Å². The molecular formula is C12H14ClNO3. The molecule has 0 aromatic heterocycles. The minimum Gasteiger partial charge on any atom is -0.468 e. The third kappa shape index (κ3) is 3.75. The van der Waals surface area contributed by atoms with Crippen molar-refractivity contribution >= 4 is 23.5 Å². The third-order valence-corrected chi connectivity index (χ3v) is 2.60. The van der Waals surface area contributed by atoms with Crippen LogP contribution in [0, 0.1) is 0 Å². The lowest BCUT2D eigenvalue weighted by Gasteiger charge is -2.15. The summed E-state index contributed by atoms with van der Waals surface area (Å²) in [4.78, 5) is 24.2. The predicted molar refractivity (Wildman–Crippen MR) is 65.0 cm³/mol. The Morgan fingerprint density at radius 1 is 1.29 bits per heavy atom. The zero-order chi connectivity index (χ0) is 12.8. The van der Waals surface area contributed by atoms with Crippen LogP contribution in [-0.2, 0) is 15.4 Å². The van der Waals surface area contributed by atoms with E-state index in [9.17, 15) is 9.59 Å². The number of benzene rings is 1. The van der Waals surface area contributed by atoms with Crippen LogP contribution in [-0.4, -0.2) is 37.5 Å². The van der Waals surface area contributed by atoms with Crippen molar-refractivity contribution in [3.63, 3.8) is 0 Å². The first-order chi connectivity index (χ1) is 8.08. The molecule has 1 aromatic rings. The van der Waals surface area contributed by atoms with E-state index in [1.54, 1.807) is 31.3 Å². The third-order valence-electron chi connectivity index (χ3n) is 2.30. The van der Waals surface area contributed by atoms with Crippen molar-refractivity contribution in [1.29, 1.82) is 0 Å². The van der Waals surface area contributed by atoms with E-state index < -0.39 is 5.97 Å². The van der Waals surface area contributed by atoms with Crippen LogP contribution in [0.15, 0.2) is 24.3 Å². The minimum atomic E-state index is -0.446. The summed E-state index contributed by atoms with van der Waals surface area (Å²) in [6.07, 6.45) is 0. The van der Waals surface area contributed by atoms with Crippen LogP contribution < -0.4 is 0 Å². The molecular weight excluding hydrogens is 242 g/mol. The molecule has 0 aliphatic carbocycles. The highest BCUT2D eigenvalue weighted by Crippen LogP contribution is 2.08. The summed E-state index contributed by atoms with van der Waals surface area (Å²) in [5.41, 5.74) is 1.46. The molecule has 1 aromatic carbocycles. The van der Waals surface area contributed by atoms with Crippen LogP contribution in [0.25, 0.3) is 0 Å². The summed E-state index contributed by atoms with van der Waals surface area (Å²) < 4.78 is 4.49. The molecule has 0 bridgehead atoms. The van der Waals surface area contributed by atoms with Gasteiger partial charge in [-0.15, -0.1) is 11.6 Å². The maximum absolute atomic E-state index is 11.9. The normalized spacial score (nSPS) is 9.82. The van der Waals surface area contributed by atoms with Gasteiger partial charge in [0, 0.05) is 18.5 Å². The van der Waals surface area contributed by atoms with E-state index >= 15 is 0 Å². The second kappa shape index (κ2) is 6.25. The molecule has 4 nitrogen and oxygen atoms in total. The molecule has 0 heterocycles. The molecule has 1 rings (SSSR count). The summed E-state index contributed by atoms with van der Waals surface area (Å²) in [7, 11) is 2.84. The second-order valence-corrected chi connectivity index (χ2v) is 3.84. The van der Waals surface area contributed by atoms with Gasteiger partial charge in [0.25, 0.3) is 5.91 Å². The Bertz CT molecular complexity index is 403. The highest BCUT2D eigenvalue weighted by molar-refractivity contribution is 6.17. The maximum atomic E-state index is 11.9. The number of methoxy groups -OCH3 is 1. The fraction of sp³-hybridized carbons (Fsp3) is 0.333. The van der Waals surface area contributed by atoms with Crippen molar-refractivity contribution in [3.8, 4) is 0 Å². The number of carbonyl (C=O) groups excluding carboxylic acids is 2. The van der Waals surface area contributed by atoms with Gasteiger partial charge in [-0.25, -0.2) is 0 Å². The first kappa shape index (κ1) is 13.5. The van der Waals surface area contributed by atoms with Gasteiger partial charge in [-0.3, -0.25) is 9.59 Å². The molecule has 17 heavy (non-hydrogen) atoms. The number of hydrogen-bond acceptors (Lipinski definition) is 3. The largest absolute Gasteiger partial charge is 0.468 e. The topological polar surface area (TPSA) is 46.6 Å². The smallest absolute Gasteiger partial charge is 0.325 e. The zero-order valence-electron chi connectivity index (χ0n) is 9.77. The monoisotopic (exact) mass is 255 g/mol. The first-order valence-corrected chi connectivity index (χ1v) is 5.59. The van der Waals surface area contributed by atoms with Crippen LogP contribution in [0.5, 0.6) is 0 Å². The molecule has 0 aliphatic rings. The Balaban J connectivity index is 2.71. The number of amides is 1. The summed E-state index contributed by atoms with van der Waals surface area (Å²) in [5, 5.41) is 0. The Kier molecular flexibility index (Phi) is 4.97. The van der Waals surface area contributed by atoms with Gasteiger partial charge >= 0.3 is 5.97 Å². The molecule has 0 aliphatic heterocycles. The van der Waals surface area contributed by atoms with Crippen LogP contribution in [0.2, 0.25) is 0 Å². The average molecular weight is 256 g/mol. The van der Waals surface area contributed by atoms with Crippen LogP contribution >= 0.6 is 11.6 Å². The van der Waals surface area contributed by atoms with E-state index in [2.05, 4.69) is 4.74 Å². The van der Waals surface area contributed by atoms with Gasteiger partial charge in [-0.05, 0) is 17.7 Å². The van der Waals surface area contributed by atoms with E-state index in [4.69, 9.17) is 11.6 Å². The van der Waals surface area contributed by atoms with Crippen molar-refractivity contribution < 1.29 is 14.3 Å². The lowest BCUT2D eigenvalue weighted by Crippen LogP contribution is -2.32. The number of alkyl halides is 1. The van der Waals surface area contributed by atoms with Gasteiger partial charge < -0.3 is 9.64 Å². The fourth-order valence-electron chi connectivity index (χ4n) is 1.29. The number of hydrogen-bond donors (Lipinski definition) is 0. The summed E-state index contributed by atoms with van der Waals surface area (Å²) in [6.45, 7) is -0.0629. The SMILES string of the molecule is COC(=O)CN(C)C(=O)c1ccc(CCl)cc1. The number of rotatable bonds is 4. The molecule has 0 radical (unpaired) electrons. The minimum absolute atomic E-state index is 0.0629. The van der Waals surface area contributed by atoms with Crippen molar-refractivity contribution in [1.82, 2.24) is 4.90 Å². The lowest BCUT2D eigenvalue weighted by atomic mass is 10.1. The lowest BCUT2D eigenvalue weighted by molar-refractivity contribution is -0.141. The van der Waals surface area contributed by atoms with Crippen LogP contribution in [0.1, 0.15) is 15.9 Å². The molecule has 5 heteroatoms. The molecule has 0 unspecified atom stereocenters. The summed E-state index contributed by atoms with van der Waals surface area (Å²) >= 11 is 5.65. The molecule has 0 N–H and O–H groups in total. The predicted octanol–water partition coefficient (Wildman–Crippen LogP) is 1.67. The summed E-state index contributed by atoms with van der Waals surface area (Å²) in [5.74, 6) is -0.262. The van der Waals surface area contributed by atoms with E-state index in [0.717, 1.165) is 5.56 Å². The van der Waals surface area contributed by atoms with Gasteiger partial charge in [-0.2, -0.15) is 0 Å². The van der Waals surface area contributed by atoms with Crippen molar-refractivity contribution in [2.45, 2.75) is 5.88 Å². The van der Waals surface area contributed by atoms with E-state index in [-0.39, 0.29) is 12.5 Å². The highest BCUT2D eigenvalue weighted by Gasteiger charge is 2.14. The van der Waals surface area contributed by atoms with Crippen molar-refractivity contribution in [3.05, 3.63) is 35.4 Å². The number of carbonyl (C=O) groups is 2. The van der Waals surface area contributed by atoms with Gasteiger partial charge in [0.1, 0.15) is 6.54 Å². The highest BCUT2D eigenvalue weighted by atomic mass is 35.5. The molecule has 0 fully saturated rings. The van der Waals surface area contributed by atoms with Gasteiger partial charge in [0.15, 0.2) is 0 Å². The van der Waals surface area contributed by atoms with Gasteiger partial charge in [0.05, 0.1) is 7.11 Å². The quantitative estimate of drug-likeness (QED) is 0.607. The molecule has 92 valence electrons. The molecule has 0 saturated carbocycles. The average Bonchev–Trinajstić information content (AvgIpc) is 2.37. The number of ether oxygens (including phenoxy) is 1. The van der Waals surface area contributed by atoms with E-state index in [1.807, 2.05) is 0 Å². The maximum Gasteiger partial charge on any atom is 0.325 e. The van der Waals surface area contributed by atoms with E-state index in [1.165, 1.54) is 12.0 Å². The van der Waals surface area contributed by atoms with Gasteiger partial charge in [0.2, 0.25) is 0 Å². The Morgan fingerprint density at radius 3 is 2.35 bits per heavy atom. The van der Waals surface area contributed by atoms with Crippen molar-refractivity contribution in [2.24, 2.45) is 0 Å². The number of esters is 1. The number of halogens is 1. The zero-order valence-corrected chi connectivity index (χ0v) is 10.5. The Hall–Kier alpha value is -1.55. The molecule has 0 spiro atoms. The molecule has 0 atom stereocenters.